The summed E-state index contributed by atoms with van der Waals surface area (Å²) in [6, 6.07) is 15.3. The molecular formula is C34H41F2N3O5Si. The minimum Gasteiger partial charge on any atom is -0.417 e. The Bertz CT molecular complexity index is 1600. The summed E-state index contributed by atoms with van der Waals surface area (Å²) in [4.78, 5) is 31.1. The maximum atomic E-state index is 13.5. The lowest BCUT2D eigenvalue weighted by molar-refractivity contribution is -0.286. The number of aryl methyl sites for hydroxylation is 1. The second-order valence-corrected chi connectivity index (χ2v) is 18.2. The van der Waals surface area contributed by atoms with E-state index in [9.17, 15) is 18.4 Å². The van der Waals surface area contributed by atoms with Gasteiger partial charge in [-0.05, 0) is 92.2 Å². The van der Waals surface area contributed by atoms with Gasteiger partial charge in [0.1, 0.15) is 5.82 Å². The Morgan fingerprint density at radius 1 is 1.00 bits per heavy atom. The van der Waals surface area contributed by atoms with Crippen molar-refractivity contribution in [1.82, 2.24) is 10.3 Å². The van der Waals surface area contributed by atoms with Gasteiger partial charge in [-0.3, -0.25) is 9.59 Å². The van der Waals surface area contributed by atoms with Crippen LogP contribution in [-0.4, -0.2) is 44.6 Å². The molecule has 0 radical (unpaired) electrons. The van der Waals surface area contributed by atoms with Gasteiger partial charge in [0, 0.05) is 24.3 Å². The van der Waals surface area contributed by atoms with E-state index in [1.54, 1.807) is 24.3 Å². The van der Waals surface area contributed by atoms with Gasteiger partial charge >= 0.3 is 6.29 Å². The fourth-order valence-electron chi connectivity index (χ4n) is 5.03. The molecule has 5 rings (SSSR count). The number of nitrogens with zero attached hydrogens (tertiary/aromatic N) is 1. The molecule has 1 aliphatic heterocycles. The van der Waals surface area contributed by atoms with Crippen molar-refractivity contribution in [3.63, 3.8) is 0 Å². The van der Waals surface area contributed by atoms with Crippen LogP contribution in [0.3, 0.4) is 0 Å². The molecule has 8 nitrogen and oxygen atoms in total. The lowest BCUT2D eigenvalue weighted by atomic mass is 9.94. The molecule has 1 saturated carbocycles. The van der Waals surface area contributed by atoms with E-state index in [0.29, 0.717) is 48.6 Å². The molecule has 0 bridgehead atoms. The van der Waals surface area contributed by atoms with Gasteiger partial charge in [0.15, 0.2) is 19.8 Å². The maximum absolute atomic E-state index is 13.5. The Labute approximate surface area is 264 Å². The first-order chi connectivity index (χ1) is 21.1. The Morgan fingerprint density at radius 3 is 2.44 bits per heavy atom. The average Bonchev–Trinajstić information content (AvgIpc) is 3.72. The molecule has 0 atom stereocenters. The predicted molar refractivity (Wildman–Crippen MR) is 171 cm³/mol. The van der Waals surface area contributed by atoms with Crippen LogP contribution in [-0.2, 0) is 14.6 Å². The van der Waals surface area contributed by atoms with Crippen molar-refractivity contribution >= 4 is 25.9 Å². The predicted octanol–water partition coefficient (Wildman–Crippen LogP) is 7.58. The summed E-state index contributed by atoms with van der Waals surface area (Å²) in [6.07, 6.45) is -0.897. The Morgan fingerprint density at radius 2 is 1.73 bits per heavy atom. The summed E-state index contributed by atoms with van der Waals surface area (Å²) in [6.45, 7) is 14.3. The number of rotatable bonds is 11. The van der Waals surface area contributed by atoms with E-state index in [2.05, 4.69) is 54.0 Å². The lowest BCUT2D eigenvalue weighted by Gasteiger charge is -2.36. The van der Waals surface area contributed by atoms with E-state index in [1.807, 2.05) is 25.1 Å². The molecule has 1 aromatic heterocycles. The highest BCUT2D eigenvalue weighted by molar-refractivity contribution is 6.74. The second kappa shape index (κ2) is 12.2. The molecule has 2 N–H and O–H groups in total. The van der Waals surface area contributed by atoms with Gasteiger partial charge in [-0.25, -0.2) is 4.98 Å². The summed E-state index contributed by atoms with van der Waals surface area (Å²) in [5, 5.41) is 6.07. The highest BCUT2D eigenvalue weighted by Crippen LogP contribution is 2.52. The molecule has 0 saturated heterocycles. The molecule has 45 heavy (non-hydrogen) atoms. The Kier molecular flexibility index (Phi) is 8.80. The van der Waals surface area contributed by atoms with E-state index in [1.165, 1.54) is 12.1 Å². The van der Waals surface area contributed by atoms with Crippen molar-refractivity contribution in [3.05, 3.63) is 71.3 Å². The molecule has 2 heterocycles. The third kappa shape index (κ3) is 7.20. The van der Waals surface area contributed by atoms with Crippen molar-refractivity contribution in [2.45, 2.75) is 83.2 Å². The van der Waals surface area contributed by atoms with Crippen molar-refractivity contribution in [3.8, 4) is 22.8 Å². The Balaban J connectivity index is 1.20. The molecular weight excluding hydrogens is 596 g/mol. The second-order valence-electron chi connectivity index (χ2n) is 13.4. The van der Waals surface area contributed by atoms with Crippen LogP contribution in [0.2, 0.25) is 18.1 Å². The molecule has 1 aliphatic carbocycles. The molecule has 11 heteroatoms. The van der Waals surface area contributed by atoms with E-state index in [4.69, 9.17) is 9.41 Å². The first kappa shape index (κ1) is 32.6. The zero-order valence-electron chi connectivity index (χ0n) is 26.7. The van der Waals surface area contributed by atoms with Gasteiger partial charge in [0.25, 0.3) is 5.91 Å². The average molecular weight is 638 g/mol. The SMILES string of the molecule is Cc1ccc(NC(=O)C2(c3ccc4c(c3)OC(F)(F)O4)CC2)nc1-c1cccc(C(=O)NCCCCO[Si](C)(C)C(C)(C)C)c1. The molecule has 240 valence electrons. The maximum Gasteiger partial charge on any atom is 0.586 e. The minimum absolute atomic E-state index is 0.0626. The summed E-state index contributed by atoms with van der Waals surface area (Å²) >= 11 is 0. The molecule has 2 amide bonds. The van der Waals surface area contributed by atoms with Crippen LogP contribution >= 0.6 is 0 Å². The fourth-order valence-corrected chi connectivity index (χ4v) is 6.12. The molecule has 2 aromatic carbocycles. The summed E-state index contributed by atoms with van der Waals surface area (Å²) in [5.41, 5.74) is 2.50. The number of fused-ring (bicyclic) bond motifs is 1. The van der Waals surface area contributed by atoms with Crippen LogP contribution in [0.5, 0.6) is 11.5 Å². The number of carbonyl (C=O) groups is 2. The van der Waals surface area contributed by atoms with Gasteiger partial charge < -0.3 is 24.5 Å². The van der Waals surface area contributed by atoms with Gasteiger partial charge in [-0.15, -0.1) is 8.78 Å². The summed E-state index contributed by atoms with van der Waals surface area (Å²) in [5.74, 6) is -0.243. The number of unbranched alkanes of at least 4 members (excludes halogenated alkanes) is 1. The highest BCUT2D eigenvalue weighted by atomic mass is 28.4. The first-order valence-electron chi connectivity index (χ1n) is 15.3. The van der Waals surface area contributed by atoms with E-state index in [0.717, 1.165) is 24.0 Å². The largest absolute Gasteiger partial charge is 0.586 e. The van der Waals surface area contributed by atoms with Crippen LogP contribution in [0.1, 0.15) is 67.9 Å². The van der Waals surface area contributed by atoms with Crippen LogP contribution in [0.25, 0.3) is 11.3 Å². The number of anilines is 1. The smallest absolute Gasteiger partial charge is 0.417 e. The zero-order valence-corrected chi connectivity index (χ0v) is 27.7. The van der Waals surface area contributed by atoms with Crippen molar-refractivity contribution in [1.29, 1.82) is 0 Å². The molecule has 1 fully saturated rings. The number of hydrogen-bond donors (Lipinski definition) is 2. The number of ether oxygens (including phenoxy) is 2. The van der Waals surface area contributed by atoms with Gasteiger partial charge in [0.2, 0.25) is 5.91 Å². The third-order valence-corrected chi connectivity index (χ3v) is 13.5. The lowest BCUT2D eigenvalue weighted by Crippen LogP contribution is -2.41. The summed E-state index contributed by atoms with van der Waals surface area (Å²) < 4.78 is 42.3. The van der Waals surface area contributed by atoms with Gasteiger partial charge in [0.05, 0.1) is 11.1 Å². The van der Waals surface area contributed by atoms with E-state index >= 15 is 0 Å². The van der Waals surface area contributed by atoms with E-state index in [-0.39, 0.29) is 28.4 Å². The van der Waals surface area contributed by atoms with Gasteiger partial charge in [-0.1, -0.05) is 45.0 Å². The molecule has 0 unspecified atom stereocenters. The van der Waals surface area contributed by atoms with Crippen LogP contribution in [0, 0.1) is 6.92 Å². The normalized spacial score (nSPS) is 16.3. The zero-order chi connectivity index (χ0) is 32.6. The summed E-state index contributed by atoms with van der Waals surface area (Å²) in [7, 11) is -1.77. The van der Waals surface area contributed by atoms with Crippen LogP contribution in [0.4, 0.5) is 14.6 Å². The van der Waals surface area contributed by atoms with Crippen LogP contribution < -0.4 is 20.1 Å². The van der Waals surface area contributed by atoms with Crippen molar-refractivity contribution in [2.24, 2.45) is 0 Å². The number of nitrogens with one attached hydrogen (secondary N) is 2. The Hall–Kier alpha value is -3.83. The third-order valence-electron chi connectivity index (χ3n) is 9.00. The first-order valence-corrected chi connectivity index (χ1v) is 18.2. The number of carbonyl (C=O) groups excluding carboxylic acids is 2. The van der Waals surface area contributed by atoms with Crippen LogP contribution in [0.15, 0.2) is 54.6 Å². The monoisotopic (exact) mass is 637 g/mol. The van der Waals surface area contributed by atoms with E-state index < -0.39 is 20.0 Å². The number of benzene rings is 2. The quantitative estimate of drug-likeness (QED) is 0.166. The number of aromatic nitrogens is 1. The topological polar surface area (TPSA) is 98.8 Å². The minimum atomic E-state index is -3.72. The number of pyridine rings is 1. The fraction of sp³-hybridized carbons (Fsp3) is 0.441. The number of amides is 2. The highest BCUT2D eigenvalue weighted by Gasteiger charge is 2.53. The molecule has 3 aromatic rings. The molecule has 0 spiro atoms. The number of alkyl halides is 2. The van der Waals surface area contributed by atoms with Crippen molar-refractivity contribution < 1.29 is 32.3 Å². The van der Waals surface area contributed by atoms with Crippen molar-refractivity contribution in [2.75, 3.05) is 18.5 Å². The molecule has 2 aliphatic rings. The van der Waals surface area contributed by atoms with Gasteiger partial charge in [-0.2, -0.15) is 0 Å². The number of hydrogen-bond acceptors (Lipinski definition) is 6. The standard InChI is InChI=1S/C34H41F2N3O5Si/c1-22-12-15-28(39-31(41)33(16-17-33)25-13-14-26-27(21-25)44-34(35,36)43-26)38-29(22)23-10-9-11-24(20-23)30(40)37-18-7-8-19-42-45(5,6)32(2,3)4/h9-15,20-21H,7-8,16-19H2,1-6H3,(H,37,40)(H,38,39,41). The number of halogens is 2.